The number of halogens is 1. The molecule has 2 aromatic carbocycles. The zero-order chi connectivity index (χ0) is 18.9. The molecule has 0 fully saturated rings. The molecule has 0 spiro atoms. The molecule has 138 valence electrons. The molecule has 1 amide bonds. The zero-order valence-corrected chi connectivity index (χ0v) is 16.3. The number of benzene rings is 2. The van der Waals surface area contributed by atoms with E-state index in [-0.39, 0.29) is 18.1 Å². The Bertz CT molecular complexity index is 934. The summed E-state index contributed by atoms with van der Waals surface area (Å²) in [5.74, 6) is -0.606. The van der Waals surface area contributed by atoms with E-state index >= 15 is 0 Å². The SMILES string of the molecule is Cc1cc(C)c(NC(=O)CCS(=O)(=O)N2CCc3ccccc32)c(Cl)c1. The number of hydrogen-bond acceptors (Lipinski definition) is 3. The molecule has 0 saturated heterocycles. The Balaban J connectivity index is 1.67. The summed E-state index contributed by atoms with van der Waals surface area (Å²) in [6.45, 7) is 4.20. The zero-order valence-electron chi connectivity index (χ0n) is 14.8. The second kappa shape index (κ2) is 7.29. The van der Waals surface area contributed by atoms with Crippen LogP contribution in [-0.2, 0) is 21.2 Å². The molecule has 26 heavy (non-hydrogen) atoms. The smallest absolute Gasteiger partial charge is 0.235 e. The number of para-hydroxylation sites is 1. The summed E-state index contributed by atoms with van der Waals surface area (Å²) in [4.78, 5) is 12.3. The van der Waals surface area contributed by atoms with Crippen molar-refractivity contribution in [2.24, 2.45) is 0 Å². The number of hydrogen-bond donors (Lipinski definition) is 1. The number of nitrogens with one attached hydrogen (secondary N) is 1. The van der Waals surface area contributed by atoms with Crippen molar-refractivity contribution in [3.8, 4) is 0 Å². The van der Waals surface area contributed by atoms with Crippen molar-refractivity contribution in [3.63, 3.8) is 0 Å². The van der Waals surface area contributed by atoms with E-state index in [0.717, 1.165) is 16.7 Å². The van der Waals surface area contributed by atoms with Crippen LogP contribution in [0.15, 0.2) is 36.4 Å². The van der Waals surface area contributed by atoms with E-state index in [0.29, 0.717) is 29.4 Å². The maximum atomic E-state index is 12.7. The molecule has 2 aromatic rings. The lowest BCUT2D eigenvalue weighted by atomic mass is 10.1. The standard InChI is InChI=1S/C19H21ClN2O3S/c1-13-11-14(2)19(16(20)12-13)21-18(23)8-10-26(24,25)22-9-7-15-5-3-4-6-17(15)22/h3-6,11-12H,7-10H2,1-2H3,(H,21,23). The van der Waals surface area contributed by atoms with Crippen LogP contribution in [0.4, 0.5) is 11.4 Å². The van der Waals surface area contributed by atoms with Gasteiger partial charge in [0.05, 0.1) is 22.2 Å². The molecule has 0 saturated carbocycles. The van der Waals surface area contributed by atoms with Gasteiger partial charge >= 0.3 is 0 Å². The minimum absolute atomic E-state index is 0.120. The van der Waals surface area contributed by atoms with Crippen LogP contribution in [0.5, 0.6) is 0 Å². The van der Waals surface area contributed by atoms with Crippen molar-refractivity contribution in [1.29, 1.82) is 0 Å². The van der Waals surface area contributed by atoms with E-state index in [1.165, 1.54) is 4.31 Å². The van der Waals surface area contributed by atoms with Gasteiger partial charge in [-0.3, -0.25) is 9.10 Å². The van der Waals surface area contributed by atoms with Gasteiger partial charge in [0.25, 0.3) is 0 Å². The minimum Gasteiger partial charge on any atom is -0.325 e. The molecular weight excluding hydrogens is 372 g/mol. The molecule has 1 aliphatic rings. The summed E-state index contributed by atoms with van der Waals surface area (Å²) in [5, 5.41) is 3.19. The number of carbonyl (C=O) groups excluding carboxylic acids is 1. The first-order valence-corrected chi connectivity index (χ1v) is 10.4. The Morgan fingerprint density at radius 1 is 1.23 bits per heavy atom. The third kappa shape index (κ3) is 3.86. The van der Waals surface area contributed by atoms with E-state index < -0.39 is 10.0 Å². The highest BCUT2D eigenvalue weighted by Crippen LogP contribution is 2.30. The van der Waals surface area contributed by atoms with Crippen LogP contribution in [0, 0.1) is 13.8 Å². The van der Waals surface area contributed by atoms with Gasteiger partial charge in [0, 0.05) is 13.0 Å². The quantitative estimate of drug-likeness (QED) is 0.844. The topological polar surface area (TPSA) is 66.5 Å². The number of fused-ring (bicyclic) bond motifs is 1. The fourth-order valence-corrected chi connectivity index (χ4v) is 5.08. The summed E-state index contributed by atoms with van der Waals surface area (Å²) in [6, 6.07) is 11.1. The Kier molecular flexibility index (Phi) is 5.25. The molecular formula is C19H21ClN2O3S. The highest BCUT2D eigenvalue weighted by atomic mass is 35.5. The van der Waals surface area contributed by atoms with E-state index in [9.17, 15) is 13.2 Å². The predicted molar refractivity (Wildman–Crippen MR) is 105 cm³/mol. The van der Waals surface area contributed by atoms with Gasteiger partial charge in [-0.1, -0.05) is 35.9 Å². The van der Waals surface area contributed by atoms with Crippen molar-refractivity contribution < 1.29 is 13.2 Å². The lowest BCUT2D eigenvalue weighted by Crippen LogP contribution is -2.32. The minimum atomic E-state index is -3.55. The Labute approximate surface area is 159 Å². The predicted octanol–water partition coefficient (Wildman–Crippen LogP) is 3.68. The highest BCUT2D eigenvalue weighted by Gasteiger charge is 2.29. The van der Waals surface area contributed by atoms with Crippen LogP contribution in [0.1, 0.15) is 23.1 Å². The highest BCUT2D eigenvalue weighted by molar-refractivity contribution is 7.92. The molecule has 0 unspecified atom stereocenters. The van der Waals surface area contributed by atoms with Gasteiger partial charge in [-0.15, -0.1) is 0 Å². The van der Waals surface area contributed by atoms with Crippen molar-refractivity contribution >= 4 is 38.9 Å². The van der Waals surface area contributed by atoms with Gasteiger partial charge < -0.3 is 5.32 Å². The fraction of sp³-hybridized carbons (Fsp3) is 0.316. The van der Waals surface area contributed by atoms with Gasteiger partial charge in [0.2, 0.25) is 15.9 Å². The Hall–Kier alpha value is -2.05. The lowest BCUT2D eigenvalue weighted by molar-refractivity contribution is -0.115. The molecule has 1 aliphatic heterocycles. The molecule has 0 atom stereocenters. The number of amides is 1. The monoisotopic (exact) mass is 392 g/mol. The summed E-state index contributed by atoms with van der Waals surface area (Å²) in [6.07, 6.45) is 0.574. The molecule has 1 heterocycles. The van der Waals surface area contributed by atoms with Crippen molar-refractivity contribution in [2.45, 2.75) is 26.7 Å². The van der Waals surface area contributed by atoms with Crippen LogP contribution in [0.3, 0.4) is 0 Å². The molecule has 0 aliphatic carbocycles. The molecule has 1 N–H and O–H groups in total. The lowest BCUT2D eigenvalue weighted by Gasteiger charge is -2.19. The largest absolute Gasteiger partial charge is 0.325 e. The third-order valence-electron chi connectivity index (χ3n) is 4.46. The first kappa shape index (κ1) is 18.7. The van der Waals surface area contributed by atoms with Crippen LogP contribution in [-0.4, -0.2) is 26.6 Å². The van der Waals surface area contributed by atoms with Gasteiger partial charge in [-0.25, -0.2) is 8.42 Å². The van der Waals surface area contributed by atoms with Crippen molar-refractivity contribution in [2.75, 3.05) is 21.9 Å². The number of carbonyl (C=O) groups is 1. The maximum absolute atomic E-state index is 12.7. The van der Waals surface area contributed by atoms with Crippen LogP contribution < -0.4 is 9.62 Å². The fourth-order valence-electron chi connectivity index (χ4n) is 3.20. The first-order valence-electron chi connectivity index (χ1n) is 8.43. The van der Waals surface area contributed by atoms with Gasteiger partial charge in [0.1, 0.15) is 0 Å². The maximum Gasteiger partial charge on any atom is 0.235 e. The first-order chi connectivity index (χ1) is 12.3. The molecule has 0 aromatic heterocycles. The Morgan fingerprint density at radius 2 is 1.96 bits per heavy atom. The van der Waals surface area contributed by atoms with Crippen LogP contribution in [0.25, 0.3) is 0 Å². The third-order valence-corrected chi connectivity index (χ3v) is 6.53. The van der Waals surface area contributed by atoms with Crippen molar-refractivity contribution in [1.82, 2.24) is 0 Å². The Morgan fingerprint density at radius 3 is 2.69 bits per heavy atom. The normalized spacial score (nSPS) is 13.6. The summed E-state index contributed by atoms with van der Waals surface area (Å²) >= 11 is 6.19. The average molecular weight is 393 g/mol. The second-order valence-corrected chi connectivity index (χ2v) is 8.92. The van der Waals surface area contributed by atoms with E-state index in [1.807, 2.05) is 38.1 Å². The molecule has 5 nitrogen and oxygen atoms in total. The summed E-state index contributed by atoms with van der Waals surface area (Å²) in [7, 11) is -3.55. The number of rotatable bonds is 5. The van der Waals surface area contributed by atoms with Gasteiger partial charge in [-0.05, 0) is 49.1 Å². The van der Waals surface area contributed by atoms with Crippen LogP contribution >= 0.6 is 11.6 Å². The number of nitrogens with zero attached hydrogens (tertiary/aromatic N) is 1. The number of anilines is 2. The van der Waals surface area contributed by atoms with Gasteiger partial charge in [-0.2, -0.15) is 0 Å². The van der Waals surface area contributed by atoms with E-state index in [4.69, 9.17) is 11.6 Å². The number of aryl methyl sites for hydroxylation is 2. The molecule has 0 bridgehead atoms. The van der Waals surface area contributed by atoms with Gasteiger partial charge in [0.15, 0.2) is 0 Å². The average Bonchev–Trinajstić information content (AvgIpc) is 3.01. The summed E-state index contributed by atoms with van der Waals surface area (Å²) < 4.78 is 26.7. The molecule has 7 heteroatoms. The van der Waals surface area contributed by atoms with Crippen LogP contribution in [0.2, 0.25) is 5.02 Å². The van der Waals surface area contributed by atoms with Crippen molar-refractivity contribution in [3.05, 3.63) is 58.1 Å². The van der Waals surface area contributed by atoms with E-state index in [2.05, 4.69) is 5.32 Å². The molecule has 3 rings (SSSR count). The number of sulfonamides is 1. The van der Waals surface area contributed by atoms with E-state index in [1.54, 1.807) is 12.1 Å². The second-order valence-electron chi connectivity index (χ2n) is 6.50. The summed E-state index contributed by atoms with van der Waals surface area (Å²) in [5.41, 5.74) is 4.11. The molecule has 0 radical (unpaired) electrons.